The highest BCUT2D eigenvalue weighted by atomic mass is 16.5. The second kappa shape index (κ2) is 8.00. The van der Waals surface area contributed by atoms with Crippen LogP contribution in [0.3, 0.4) is 0 Å². The van der Waals surface area contributed by atoms with Crippen molar-refractivity contribution in [2.24, 2.45) is 0 Å². The molecule has 0 saturated heterocycles. The van der Waals surface area contributed by atoms with E-state index >= 15 is 0 Å². The third-order valence-corrected chi connectivity index (χ3v) is 2.39. The summed E-state index contributed by atoms with van der Waals surface area (Å²) in [5.41, 5.74) is 1.11. The molecule has 0 saturated carbocycles. The molecule has 0 aliphatic carbocycles. The fraction of sp³-hybridized carbons (Fsp3) is 0.583. The zero-order chi connectivity index (χ0) is 12.5. The van der Waals surface area contributed by atoms with E-state index < -0.39 is 0 Å². The van der Waals surface area contributed by atoms with E-state index in [1.54, 1.807) is 27.5 Å². The average Bonchev–Trinajstić information content (AvgIpc) is 2.38. The molecule has 0 aromatic carbocycles. The van der Waals surface area contributed by atoms with Gasteiger partial charge in [-0.25, -0.2) is 4.98 Å². The predicted octanol–water partition coefficient (Wildman–Crippen LogP) is 0.841. The number of ether oxygens (including phenoxy) is 3. The number of rotatable bonds is 8. The largest absolute Gasteiger partial charge is 0.481 e. The van der Waals surface area contributed by atoms with Crippen LogP contribution in [0.5, 0.6) is 5.88 Å². The summed E-state index contributed by atoms with van der Waals surface area (Å²) >= 11 is 0. The van der Waals surface area contributed by atoms with Crippen LogP contribution in [0, 0.1) is 0 Å². The summed E-state index contributed by atoms with van der Waals surface area (Å²) in [6, 6.07) is 3.83. The Kier molecular flexibility index (Phi) is 6.54. The summed E-state index contributed by atoms with van der Waals surface area (Å²) in [5.74, 6) is 0.628. The molecule has 0 bridgehead atoms. The summed E-state index contributed by atoms with van der Waals surface area (Å²) in [4.78, 5) is 4.13. The highest BCUT2D eigenvalue weighted by molar-refractivity contribution is 5.17. The molecule has 0 fully saturated rings. The molecule has 5 nitrogen and oxygen atoms in total. The van der Waals surface area contributed by atoms with Gasteiger partial charge in [0.2, 0.25) is 5.88 Å². The first-order valence-electron chi connectivity index (χ1n) is 5.51. The topological polar surface area (TPSA) is 52.6 Å². The lowest BCUT2D eigenvalue weighted by Crippen LogP contribution is -2.31. The van der Waals surface area contributed by atoms with Crippen molar-refractivity contribution in [2.45, 2.75) is 12.6 Å². The fourth-order valence-electron chi connectivity index (χ4n) is 1.41. The van der Waals surface area contributed by atoms with Crippen molar-refractivity contribution in [1.82, 2.24) is 10.3 Å². The maximum absolute atomic E-state index is 5.24. The zero-order valence-corrected chi connectivity index (χ0v) is 10.6. The zero-order valence-electron chi connectivity index (χ0n) is 10.6. The van der Waals surface area contributed by atoms with E-state index in [1.807, 2.05) is 12.1 Å². The van der Waals surface area contributed by atoms with Gasteiger partial charge in [0.25, 0.3) is 0 Å². The molecule has 1 aromatic rings. The molecule has 17 heavy (non-hydrogen) atoms. The maximum atomic E-state index is 5.24. The molecule has 1 N–H and O–H groups in total. The third-order valence-electron chi connectivity index (χ3n) is 2.39. The lowest BCUT2D eigenvalue weighted by atomic mass is 10.2. The number of nitrogens with zero attached hydrogens (tertiary/aromatic N) is 1. The Hall–Kier alpha value is -1.17. The molecule has 96 valence electrons. The molecule has 1 atom stereocenters. The smallest absolute Gasteiger partial charge is 0.212 e. The van der Waals surface area contributed by atoms with Gasteiger partial charge in [-0.2, -0.15) is 0 Å². The average molecular weight is 240 g/mol. The van der Waals surface area contributed by atoms with Gasteiger partial charge in [0.05, 0.1) is 19.8 Å². The van der Waals surface area contributed by atoms with Gasteiger partial charge in [-0.05, 0) is 5.56 Å². The lowest BCUT2D eigenvalue weighted by molar-refractivity contribution is 0.0288. The third kappa shape index (κ3) is 5.12. The molecule has 0 radical (unpaired) electrons. The van der Waals surface area contributed by atoms with Gasteiger partial charge >= 0.3 is 0 Å². The molecule has 1 aromatic heterocycles. The van der Waals surface area contributed by atoms with Crippen molar-refractivity contribution in [2.75, 3.05) is 34.5 Å². The minimum Gasteiger partial charge on any atom is -0.481 e. The summed E-state index contributed by atoms with van der Waals surface area (Å²) in [5, 5.41) is 3.29. The Morgan fingerprint density at radius 1 is 1.29 bits per heavy atom. The van der Waals surface area contributed by atoms with E-state index in [-0.39, 0.29) is 6.10 Å². The quantitative estimate of drug-likeness (QED) is 0.730. The monoisotopic (exact) mass is 240 g/mol. The first kappa shape index (κ1) is 13.9. The molecule has 0 amide bonds. The predicted molar refractivity (Wildman–Crippen MR) is 65.2 cm³/mol. The molecule has 0 spiro atoms. The van der Waals surface area contributed by atoms with Gasteiger partial charge in [-0.1, -0.05) is 6.07 Å². The van der Waals surface area contributed by atoms with Crippen LogP contribution in [0.2, 0.25) is 0 Å². The van der Waals surface area contributed by atoms with Crippen LogP contribution < -0.4 is 10.1 Å². The Morgan fingerprint density at radius 3 is 2.65 bits per heavy atom. The fourth-order valence-corrected chi connectivity index (χ4v) is 1.41. The van der Waals surface area contributed by atoms with Crippen LogP contribution in [-0.4, -0.2) is 45.6 Å². The van der Waals surface area contributed by atoms with Gasteiger partial charge in [-0.3, -0.25) is 0 Å². The van der Waals surface area contributed by atoms with Crippen LogP contribution >= 0.6 is 0 Å². The molecule has 1 rings (SSSR count). The van der Waals surface area contributed by atoms with Crippen LogP contribution in [0.15, 0.2) is 18.3 Å². The second-order valence-corrected chi connectivity index (χ2v) is 3.65. The van der Waals surface area contributed by atoms with Crippen molar-refractivity contribution in [1.29, 1.82) is 0 Å². The van der Waals surface area contributed by atoms with Crippen molar-refractivity contribution in [3.63, 3.8) is 0 Å². The standard InChI is InChI=1S/C12H20N2O3/c1-15-9-11(16-2)8-13-6-10-4-5-12(17-3)14-7-10/h4-5,7,11,13H,6,8-9H2,1-3H3. The number of nitrogens with one attached hydrogen (secondary N) is 1. The summed E-state index contributed by atoms with van der Waals surface area (Å²) < 4.78 is 15.3. The van der Waals surface area contributed by atoms with Gasteiger partial charge in [0.1, 0.15) is 0 Å². The van der Waals surface area contributed by atoms with Crippen molar-refractivity contribution in [3.8, 4) is 5.88 Å². The van der Waals surface area contributed by atoms with Gasteiger partial charge in [0.15, 0.2) is 0 Å². The van der Waals surface area contributed by atoms with Crippen LogP contribution in [-0.2, 0) is 16.0 Å². The minimum atomic E-state index is 0.0752. The van der Waals surface area contributed by atoms with Crippen LogP contribution in [0.1, 0.15) is 5.56 Å². The summed E-state index contributed by atoms with van der Waals surface area (Å²) in [7, 11) is 4.95. The van der Waals surface area contributed by atoms with Crippen molar-refractivity contribution >= 4 is 0 Å². The van der Waals surface area contributed by atoms with Gasteiger partial charge < -0.3 is 19.5 Å². The summed E-state index contributed by atoms with van der Waals surface area (Å²) in [6.45, 7) is 2.08. The highest BCUT2D eigenvalue weighted by Crippen LogP contribution is 2.06. The molecular weight excluding hydrogens is 220 g/mol. The Balaban J connectivity index is 2.29. The second-order valence-electron chi connectivity index (χ2n) is 3.65. The highest BCUT2D eigenvalue weighted by Gasteiger charge is 2.05. The maximum Gasteiger partial charge on any atom is 0.212 e. The molecule has 5 heteroatoms. The van der Waals surface area contributed by atoms with E-state index in [0.29, 0.717) is 12.5 Å². The number of methoxy groups -OCH3 is 3. The van der Waals surface area contributed by atoms with Crippen molar-refractivity contribution < 1.29 is 14.2 Å². The van der Waals surface area contributed by atoms with Crippen LogP contribution in [0.25, 0.3) is 0 Å². The summed E-state index contributed by atoms with van der Waals surface area (Å²) in [6.07, 6.45) is 1.87. The Bertz CT molecular complexity index is 303. The first-order valence-corrected chi connectivity index (χ1v) is 5.51. The SMILES string of the molecule is COCC(CNCc1ccc(OC)nc1)OC. The first-order chi connectivity index (χ1) is 8.30. The lowest BCUT2D eigenvalue weighted by Gasteiger charge is -2.14. The van der Waals surface area contributed by atoms with E-state index in [4.69, 9.17) is 14.2 Å². The normalized spacial score (nSPS) is 12.4. The molecule has 0 aliphatic heterocycles. The molecular formula is C12H20N2O3. The van der Waals surface area contributed by atoms with E-state index in [1.165, 1.54) is 0 Å². The number of hydrogen-bond acceptors (Lipinski definition) is 5. The van der Waals surface area contributed by atoms with E-state index in [2.05, 4.69) is 10.3 Å². The molecule has 0 aliphatic rings. The minimum absolute atomic E-state index is 0.0752. The van der Waals surface area contributed by atoms with E-state index in [0.717, 1.165) is 18.7 Å². The van der Waals surface area contributed by atoms with Crippen LogP contribution in [0.4, 0.5) is 0 Å². The molecule has 1 heterocycles. The van der Waals surface area contributed by atoms with Gasteiger partial charge in [-0.15, -0.1) is 0 Å². The van der Waals surface area contributed by atoms with Crippen molar-refractivity contribution in [3.05, 3.63) is 23.9 Å². The number of aromatic nitrogens is 1. The van der Waals surface area contributed by atoms with E-state index in [9.17, 15) is 0 Å². The number of pyridine rings is 1. The molecule has 1 unspecified atom stereocenters. The Morgan fingerprint density at radius 2 is 2.12 bits per heavy atom. The Labute approximate surface area is 102 Å². The van der Waals surface area contributed by atoms with Gasteiger partial charge in [0, 0.05) is 39.6 Å². The number of hydrogen-bond donors (Lipinski definition) is 1.